The Morgan fingerprint density at radius 1 is 1.03 bits per heavy atom. The van der Waals surface area contributed by atoms with E-state index in [1.165, 1.54) is 23.1 Å². The first-order chi connectivity index (χ1) is 15.1. The maximum atomic E-state index is 13.1. The van der Waals surface area contributed by atoms with Crippen molar-refractivity contribution in [2.75, 3.05) is 25.0 Å². The normalized spacial score (nSPS) is 14.7. The number of likely N-dealkylation sites (tertiary alicyclic amines) is 1. The summed E-state index contributed by atoms with van der Waals surface area (Å²) in [6, 6.07) is 9.24. The van der Waals surface area contributed by atoms with Gasteiger partial charge in [-0.3, -0.25) is 14.4 Å². The van der Waals surface area contributed by atoms with E-state index in [1.54, 1.807) is 0 Å². The molecule has 10 heteroatoms. The van der Waals surface area contributed by atoms with Crippen LogP contribution < -0.4 is 5.32 Å². The van der Waals surface area contributed by atoms with Gasteiger partial charge in [0.05, 0.1) is 11.5 Å². The van der Waals surface area contributed by atoms with Crippen LogP contribution in [0.5, 0.6) is 0 Å². The molecule has 0 spiro atoms. The number of piperidine rings is 1. The molecule has 0 radical (unpaired) electrons. The van der Waals surface area contributed by atoms with Gasteiger partial charge in [-0.25, -0.2) is 4.39 Å². The Morgan fingerprint density at radius 2 is 1.69 bits per heavy atom. The standard InChI is InChI=1S/C22H20F4N2O4/c23-17-2-1-3-18(12-17)27-19(29)13-32-21(31)15-8-10-28(11-9-15)20(30)14-4-6-16(7-5-14)22(24,25)26/h1-7,12,15H,8-11,13H2,(H,27,29). The monoisotopic (exact) mass is 452 g/mol. The molecule has 2 aromatic carbocycles. The van der Waals surface area contributed by atoms with Crippen molar-refractivity contribution in [1.29, 1.82) is 0 Å². The highest BCUT2D eigenvalue weighted by Crippen LogP contribution is 2.29. The number of rotatable bonds is 5. The lowest BCUT2D eigenvalue weighted by molar-refractivity contribution is -0.152. The van der Waals surface area contributed by atoms with Crippen LogP contribution in [0.4, 0.5) is 23.2 Å². The Labute approximate surface area is 181 Å². The van der Waals surface area contributed by atoms with E-state index < -0.39 is 47.9 Å². The molecule has 1 N–H and O–H groups in total. The molecule has 32 heavy (non-hydrogen) atoms. The van der Waals surface area contributed by atoms with Crippen molar-refractivity contribution in [3.05, 3.63) is 65.5 Å². The highest BCUT2D eigenvalue weighted by atomic mass is 19.4. The first-order valence-corrected chi connectivity index (χ1v) is 9.82. The molecule has 1 fully saturated rings. The Morgan fingerprint density at radius 3 is 2.28 bits per heavy atom. The molecule has 0 unspecified atom stereocenters. The Balaban J connectivity index is 1.45. The van der Waals surface area contributed by atoms with E-state index in [1.807, 2.05) is 0 Å². The molecule has 1 heterocycles. The van der Waals surface area contributed by atoms with Crippen molar-refractivity contribution in [1.82, 2.24) is 4.90 Å². The van der Waals surface area contributed by atoms with Gasteiger partial charge in [-0.05, 0) is 55.3 Å². The van der Waals surface area contributed by atoms with Gasteiger partial charge in [0.15, 0.2) is 6.61 Å². The van der Waals surface area contributed by atoms with Crippen LogP contribution in [0.25, 0.3) is 0 Å². The molecule has 6 nitrogen and oxygen atoms in total. The van der Waals surface area contributed by atoms with Gasteiger partial charge in [-0.1, -0.05) is 6.07 Å². The summed E-state index contributed by atoms with van der Waals surface area (Å²) in [6.45, 7) is -0.0652. The fourth-order valence-corrected chi connectivity index (χ4v) is 3.32. The zero-order valence-electron chi connectivity index (χ0n) is 16.8. The zero-order valence-corrected chi connectivity index (χ0v) is 16.8. The van der Waals surface area contributed by atoms with Crippen molar-refractivity contribution in [3.8, 4) is 0 Å². The summed E-state index contributed by atoms with van der Waals surface area (Å²) in [6.07, 6.45) is -3.87. The van der Waals surface area contributed by atoms with Crippen molar-refractivity contribution in [2.45, 2.75) is 19.0 Å². The number of alkyl halides is 3. The second-order valence-electron chi connectivity index (χ2n) is 7.31. The third-order valence-corrected chi connectivity index (χ3v) is 5.03. The molecule has 1 aliphatic rings. The first-order valence-electron chi connectivity index (χ1n) is 9.82. The number of esters is 1. The van der Waals surface area contributed by atoms with Crippen LogP contribution in [0.15, 0.2) is 48.5 Å². The topological polar surface area (TPSA) is 75.7 Å². The van der Waals surface area contributed by atoms with Crippen LogP contribution >= 0.6 is 0 Å². The molecular formula is C22H20F4N2O4. The fourth-order valence-electron chi connectivity index (χ4n) is 3.32. The third kappa shape index (κ3) is 6.05. The summed E-state index contributed by atoms with van der Waals surface area (Å²) >= 11 is 0. The van der Waals surface area contributed by atoms with Crippen molar-refractivity contribution in [2.24, 2.45) is 5.92 Å². The predicted octanol–water partition coefficient (Wildman–Crippen LogP) is 3.88. The SMILES string of the molecule is O=C(COC(=O)C1CCN(C(=O)c2ccc(C(F)(F)F)cc2)CC1)Nc1cccc(F)c1. The lowest BCUT2D eigenvalue weighted by Crippen LogP contribution is -2.41. The number of nitrogens with one attached hydrogen (secondary N) is 1. The highest BCUT2D eigenvalue weighted by molar-refractivity contribution is 5.94. The van der Waals surface area contributed by atoms with E-state index in [0.717, 1.165) is 30.3 Å². The van der Waals surface area contributed by atoms with Crippen LogP contribution in [0.3, 0.4) is 0 Å². The largest absolute Gasteiger partial charge is 0.455 e. The number of hydrogen-bond donors (Lipinski definition) is 1. The highest BCUT2D eigenvalue weighted by Gasteiger charge is 2.32. The molecule has 0 aliphatic carbocycles. The van der Waals surface area contributed by atoms with Gasteiger partial charge in [0.2, 0.25) is 0 Å². The van der Waals surface area contributed by atoms with Gasteiger partial charge in [0.25, 0.3) is 11.8 Å². The van der Waals surface area contributed by atoms with Crippen LogP contribution in [0.2, 0.25) is 0 Å². The lowest BCUT2D eigenvalue weighted by atomic mass is 9.96. The van der Waals surface area contributed by atoms with Crippen LogP contribution in [-0.4, -0.2) is 42.4 Å². The number of carbonyl (C=O) groups is 3. The minimum Gasteiger partial charge on any atom is -0.455 e. The third-order valence-electron chi connectivity index (χ3n) is 5.03. The number of amides is 2. The number of halogens is 4. The van der Waals surface area contributed by atoms with Crippen LogP contribution in [-0.2, 0) is 20.5 Å². The van der Waals surface area contributed by atoms with E-state index >= 15 is 0 Å². The molecule has 3 rings (SSSR count). The van der Waals surface area contributed by atoms with Gasteiger partial charge in [-0.15, -0.1) is 0 Å². The van der Waals surface area contributed by atoms with Crippen molar-refractivity contribution >= 4 is 23.5 Å². The maximum Gasteiger partial charge on any atom is 0.416 e. The summed E-state index contributed by atoms with van der Waals surface area (Å²) in [7, 11) is 0. The molecule has 170 valence electrons. The quantitative estimate of drug-likeness (QED) is 0.552. The minimum atomic E-state index is -4.48. The van der Waals surface area contributed by atoms with Crippen LogP contribution in [0, 0.1) is 11.7 Å². The van der Waals surface area contributed by atoms with Gasteiger partial charge < -0.3 is 15.0 Å². The molecule has 0 aromatic heterocycles. The molecule has 1 saturated heterocycles. The van der Waals surface area contributed by atoms with Crippen LogP contribution in [0.1, 0.15) is 28.8 Å². The molecule has 0 bridgehead atoms. The lowest BCUT2D eigenvalue weighted by Gasteiger charge is -2.31. The fraction of sp³-hybridized carbons (Fsp3) is 0.318. The smallest absolute Gasteiger partial charge is 0.416 e. The Bertz CT molecular complexity index is 984. The Kier molecular flexibility index (Phi) is 7.12. The molecular weight excluding hydrogens is 432 g/mol. The number of ether oxygens (including phenoxy) is 1. The number of benzene rings is 2. The zero-order chi connectivity index (χ0) is 23.3. The van der Waals surface area contributed by atoms with Gasteiger partial charge in [-0.2, -0.15) is 13.2 Å². The van der Waals surface area contributed by atoms with Gasteiger partial charge in [0.1, 0.15) is 5.82 Å². The van der Waals surface area contributed by atoms with E-state index in [2.05, 4.69) is 5.32 Å². The molecule has 0 atom stereocenters. The summed E-state index contributed by atoms with van der Waals surface area (Å²) in [5.41, 5.74) is -0.467. The molecule has 2 amide bonds. The van der Waals surface area contributed by atoms with E-state index in [-0.39, 0.29) is 24.3 Å². The van der Waals surface area contributed by atoms with E-state index in [9.17, 15) is 31.9 Å². The summed E-state index contributed by atoms with van der Waals surface area (Å²) < 4.78 is 56.1. The van der Waals surface area contributed by atoms with Crippen molar-refractivity contribution in [3.63, 3.8) is 0 Å². The number of nitrogens with zero attached hydrogens (tertiary/aromatic N) is 1. The summed E-state index contributed by atoms with van der Waals surface area (Å²) in [5.74, 6) is -2.63. The molecule has 0 saturated carbocycles. The number of hydrogen-bond acceptors (Lipinski definition) is 4. The molecule has 1 aliphatic heterocycles. The second kappa shape index (κ2) is 9.80. The molecule has 2 aromatic rings. The van der Waals surface area contributed by atoms with Gasteiger partial charge >= 0.3 is 12.1 Å². The summed E-state index contributed by atoms with van der Waals surface area (Å²) in [4.78, 5) is 38.0. The van der Waals surface area contributed by atoms with E-state index in [4.69, 9.17) is 4.74 Å². The maximum absolute atomic E-state index is 13.1. The average molecular weight is 452 g/mol. The first kappa shape index (κ1) is 23.2. The minimum absolute atomic E-state index is 0.132. The predicted molar refractivity (Wildman–Crippen MR) is 106 cm³/mol. The number of anilines is 1. The van der Waals surface area contributed by atoms with Crippen molar-refractivity contribution < 1.29 is 36.7 Å². The number of carbonyl (C=O) groups excluding carboxylic acids is 3. The average Bonchev–Trinajstić information content (AvgIpc) is 2.76. The second-order valence-corrected chi connectivity index (χ2v) is 7.31. The summed E-state index contributed by atoms with van der Waals surface area (Å²) in [5, 5.41) is 2.41. The van der Waals surface area contributed by atoms with E-state index in [0.29, 0.717) is 12.8 Å². The Hall–Kier alpha value is -3.43. The van der Waals surface area contributed by atoms with Gasteiger partial charge in [0, 0.05) is 24.3 Å².